The van der Waals surface area contributed by atoms with Crippen LogP contribution in [0.25, 0.3) is 5.69 Å². The van der Waals surface area contributed by atoms with Crippen LogP contribution >= 0.6 is 0 Å². The summed E-state index contributed by atoms with van der Waals surface area (Å²) < 4.78 is 15.6. The van der Waals surface area contributed by atoms with E-state index in [9.17, 15) is 4.39 Å². The summed E-state index contributed by atoms with van der Waals surface area (Å²) in [5, 5.41) is 3.29. The van der Waals surface area contributed by atoms with Crippen LogP contribution in [0.1, 0.15) is 0 Å². The van der Waals surface area contributed by atoms with E-state index in [4.69, 9.17) is 0 Å². The van der Waals surface area contributed by atoms with Gasteiger partial charge in [0.25, 0.3) is 0 Å². The van der Waals surface area contributed by atoms with Crippen LogP contribution in [0.15, 0.2) is 36.7 Å². The van der Waals surface area contributed by atoms with Gasteiger partial charge in [0.2, 0.25) is 5.95 Å². The lowest BCUT2D eigenvalue weighted by molar-refractivity contribution is 0.574. The molecular formula is C13H15FN4. The molecule has 1 aromatic heterocycles. The van der Waals surface area contributed by atoms with Gasteiger partial charge < -0.3 is 10.2 Å². The van der Waals surface area contributed by atoms with Gasteiger partial charge in [0.05, 0.1) is 5.69 Å². The van der Waals surface area contributed by atoms with Gasteiger partial charge in [0, 0.05) is 38.6 Å². The van der Waals surface area contributed by atoms with Gasteiger partial charge >= 0.3 is 0 Å². The highest BCUT2D eigenvalue weighted by Gasteiger charge is 2.17. The molecule has 1 saturated heterocycles. The van der Waals surface area contributed by atoms with Crippen molar-refractivity contribution in [1.29, 1.82) is 0 Å². The standard InChI is InChI=1S/C13H15FN4/c14-11-3-1-2-4-12(11)18-10-7-16-13(18)17-8-5-15-6-9-17/h1-4,7,10,15H,5-6,8-9H2. The van der Waals surface area contributed by atoms with Crippen molar-refractivity contribution in [2.75, 3.05) is 31.1 Å². The summed E-state index contributed by atoms with van der Waals surface area (Å²) in [6.07, 6.45) is 3.51. The highest BCUT2D eigenvalue weighted by molar-refractivity contribution is 5.44. The van der Waals surface area contributed by atoms with Crippen LogP contribution < -0.4 is 10.2 Å². The van der Waals surface area contributed by atoms with Gasteiger partial charge in [-0.2, -0.15) is 0 Å². The molecule has 4 nitrogen and oxygen atoms in total. The number of anilines is 1. The number of rotatable bonds is 2. The molecule has 0 aliphatic carbocycles. The fourth-order valence-corrected chi connectivity index (χ4v) is 2.23. The van der Waals surface area contributed by atoms with Crippen molar-refractivity contribution in [3.05, 3.63) is 42.5 Å². The van der Waals surface area contributed by atoms with Crippen LogP contribution in [0.4, 0.5) is 10.3 Å². The van der Waals surface area contributed by atoms with Crippen LogP contribution in [0, 0.1) is 5.82 Å². The fraction of sp³-hybridized carbons (Fsp3) is 0.308. The molecule has 1 aliphatic heterocycles. The van der Waals surface area contributed by atoms with E-state index in [2.05, 4.69) is 15.2 Å². The molecule has 2 heterocycles. The van der Waals surface area contributed by atoms with Gasteiger partial charge in [0.15, 0.2) is 0 Å². The van der Waals surface area contributed by atoms with Crippen LogP contribution in [-0.2, 0) is 0 Å². The number of hydrogen-bond acceptors (Lipinski definition) is 3. The molecule has 0 radical (unpaired) electrons. The number of hydrogen-bond donors (Lipinski definition) is 1. The lowest BCUT2D eigenvalue weighted by Crippen LogP contribution is -2.44. The maximum atomic E-state index is 13.8. The van der Waals surface area contributed by atoms with Crippen molar-refractivity contribution in [1.82, 2.24) is 14.9 Å². The molecule has 0 atom stereocenters. The van der Waals surface area contributed by atoms with E-state index in [1.165, 1.54) is 6.07 Å². The van der Waals surface area contributed by atoms with Crippen molar-refractivity contribution >= 4 is 5.95 Å². The largest absolute Gasteiger partial charge is 0.339 e. The van der Waals surface area contributed by atoms with Crippen molar-refractivity contribution < 1.29 is 4.39 Å². The highest BCUT2D eigenvalue weighted by atomic mass is 19.1. The average Bonchev–Trinajstić information content (AvgIpc) is 2.89. The smallest absolute Gasteiger partial charge is 0.210 e. The zero-order chi connectivity index (χ0) is 12.4. The van der Waals surface area contributed by atoms with Gasteiger partial charge in [-0.15, -0.1) is 0 Å². The molecule has 3 rings (SSSR count). The Morgan fingerprint density at radius 2 is 1.94 bits per heavy atom. The Morgan fingerprint density at radius 1 is 1.17 bits per heavy atom. The number of nitrogens with zero attached hydrogens (tertiary/aromatic N) is 3. The van der Waals surface area contributed by atoms with Gasteiger partial charge in [-0.25, -0.2) is 9.37 Å². The third-order valence-corrected chi connectivity index (χ3v) is 3.13. The number of aromatic nitrogens is 2. The summed E-state index contributed by atoms with van der Waals surface area (Å²) in [6, 6.07) is 6.76. The Hall–Kier alpha value is -1.88. The Morgan fingerprint density at radius 3 is 2.72 bits per heavy atom. The van der Waals surface area contributed by atoms with Gasteiger partial charge in [-0.3, -0.25) is 4.57 Å². The maximum Gasteiger partial charge on any atom is 0.210 e. The SMILES string of the molecule is Fc1ccccc1-n1ccnc1N1CCNCC1. The van der Waals surface area contributed by atoms with Crippen molar-refractivity contribution in [3.63, 3.8) is 0 Å². The molecule has 0 bridgehead atoms. The zero-order valence-corrected chi connectivity index (χ0v) is 10.0. The predicted molar refractivity (Wildman–Crippen MR) is 68.6 cm³/mol. The molecule has 1 N–H and O–H groups in total. The monoisotopic (exact) mass is 246 g/mol. The van der Waals surface area contributed by atoms with Gasteiger partial charge in [-0.05, 0) is 12.1 Å². The quantitative estimate of drug-likeness (QED) is 0.870. The molecule has 94 valence electrons. The predicted octanol–water partition coefficient (Wildman–Crippen LogP) is 1.42. The average molecular weight is 246 g/mol. The number of nitrogens with one attached hydrogen (secondary N) is 1. The van der Waals surface area contributed by atoms with Gasteiger partial charge in [0.1, 0.15) is 5.82 Å². The fourth-order valence-electron chi connectivity index (χ4n) is 2.23. The van der Waals surface area contributed by atoms with Crippen LogP contribution in [0.5, 0.6) is 0 Å². The summed E-state index contributed by atoms with van der Waals surface area (Å²) >= 11 is 0. The minimum Gasteiger partial charge on any atom is -0.339 e. The van der Waals surface area contributed by atoms with E-state index in [-0.39, 0.29) is 5.82 Å². The minimum absolute atomic E-state index is 0.230. The second-order valence-electron chi connectivity index (χ2n) is 4.29. The Bertz CT molecular complexity index is 531. The zero-order valence-electron chi connectivity index (χ0n) is 10.0. The summed E-state index contributed by atoms with van der Waals surface area (Å²) in [6.45, 7) is 3.66. The van der Waals surface area contributed by atoms with E-state index in [0.717, 1.165) is 32.1 Å². The van der Waals surface area contributed by atoms with E-state index in [1.54, 1.807) is 29.1 Å². The molecule has 18 heavy (non-hydrogen) atoms. The van der Waals surface area contributed by atoms with Gasteiger partial charge in [-0.1, -0.05) is 12.1 Å². The van der Waals surface area contributed by atoms with Crippen LogP contribution in [0.2, 0.25) is 0 Å². The number of para-hydroxylation sites is 1. The highest BCUT2D eigenvalue weighted by Crippen LogP contribution is 2.20. The lowest BCUT2D eigenvalue weighted by Gasteiger charge is -2.28. The molecule has 0 unspecified atom stereocenters. The van der Waals surface area contributed by atoms with Crippen molar-refractivity contribution in [3.8, 4) is 5.69 Å². The van der Waals surface area contributed by atoms with Crippen LogP contribution in [0.3, 0.4) is 0 Å². The third-order valence-electron chi connectivity index (χ3n) is 3.13. The molecule has 1 fully saturated rings. The normalized spacial score (nSPS) is 15.9. The molecule has 5 heteroatoms. The van der Waals surface area contributed by atoms with E-state index in [1.807, 2.05) is 6.07 Å². The maximum absolute atomic E-state index is 13.8. The molecule has 0 amide bonds. The van der Waals surface area contributed by atoms with E-state index >= 15 is 0 Å². The molecular weight excluding hydrogens is 231 g/mol. The van der Waals surface area contributed by atoms with Crippen LogP contribution in [-0.4, -0.2) is 35.7 Å². The molecule has 1 aromatic carbocycles. The van der Waals surface area contributed by atoms with E-state index in [0.29, 0.717) is 5.69 Å². The number of benzene rings is 1. The molecule has 0 spiro atoms. The number of halogens is 1. The number of piperazine rings is 1. The summed E-state index contributed by atoms with van der Waals surface area (Å²) in [4.78, 5) is 6.52. The lowest BCUT2D eigenvalue weighted by atomic mass is 10.3. The summed E-state index contributed by atoms with van der Waals surface area (Å²) in [7, 11) is 0. The summed E-state index contributed by atoms with van der Waals surface area (Å²) in [5.41, 5.74) is 0.545. The first-order valence-electron chi connectivity index (χ1n) is 6.10. The molecule has 2 aromatic rings. The Balaban J connectivity index is 1.98. The minimum atomic E-state index is -0.230. The first kappa shape index (κ1) is 11.2. The first-order valence-corrected chi connectivity index (χ1v) is 6.10. The topological polar surface area (TPSA) is 33.1 Å². The van der Waals surface area contributed by atoms with Crippen molar-refractivity contribution in [2.24, 2.45) is 0 Å². The Kier molecular flexibility index (Phi) is 2.98. The van der Waals surface area contributed by atoms with Crippen molar-refractivity contribution in [2.45, 2.75) is 0 Å². The number of imidazole rings is 1. The Labute approximate surface area is 105 Å². The molecule has 0 saturated carbocycles. The third kappa shape index (κ3) is 1.97. The second kappa shape index (κ2) is 4.78. The molecule has 1 aliphatic rings. The first-order chi connectivity index (χ1) is 8.86. The second-order valence-corrected chi connectivity index (χ2v) is 4.29. The summed E-state index contributed by atoms with van der Waals surface area (Å²) in [5.74, 6) is 0.577. The van der Waals surface area contributed by atoms with E-state index < -0.39 is 0 Å².